The van der Waals surface area contributed by atoms with E-state index in [9.17, 15) is 19.2 Å². The molecule has 0 fully saturated rings. The summed E-state index contributed by atoms with van der Waals surface area (Å²) in [6, 6.07) is 17.1. The molecular formula is C33H39N9O5S2. The van der Waals surface area contributed by atoms with Crippen molar-refractivity contribution in [1.29, 1.82) is 0 Å². The number of aliphatic hydroxyl groups is 2. The van der Waals surface area contributed by atoms with E-state index >= 15 is 0 Å². The molecule has 2 aromatic heterocycles. The number of thioether (sulfide) groups is 1. The van der Waals surface area contributed by atoms with Gasteiger partial charge in [0.1, 0.15) is 17.3 Å². The van der Waals surface area contributed by atoms with Crippen LogP contribution in [0.1, 0.15) is 29.2 Å². The molecule has 0 saturated carbocycles. The predicted octanol–water partition coefficient (Wildman–Crippen LogP) is 2.56. The van der Waals surface area contributed by atoms with Crippen molar-refractivity contribution >= 4 is 45.6 Å². The molecule has 2 aliphatic heterocycles. The van der Waals surface area contributed by atoms with Crippen molar-refractivity contribution in [3.05, 3.63) is 89.9 Å². The minimum Gasteiger partial charge on any atom is -0.481 e. The predicted molar refractivity (Wildman–Crippen MR) is 190 cm³/mol. The van der Waals surface area contributed by atoms with Gasteiger partial charge in [-0.15, -0.1) is 11.8 Å². The Hall–Kier alpha value is -4.32. The maximum atomic E-state index is 13.4. The van der Waals surface area contributed by atoms with E-state index in [-0.39, 0.29) is 30.8 Å². The van der Waals surface area contributed by atoms with Gasteiger partial charge in [-0.25, -0.2) is 24.5 Å². The number of aryl methyl sites for hydroxylation is 1. The lowest BCUT2D eigenvalue weighted by atomic mass is 9.98. The third kappa shape index (κ3) is 7.79. The third-order valence-electron chi connectivity index (χ3n) is 8.42. The quantitative estimate of drug-likeness (QED) is 0.129. The van der Waals surface area contributed by atoms with Gasteiger partial charge in [0.15, 0.2) is 5.82 Å². The molecule has 0 aliphatic carbocycles. The van der Waals surface area contributed by atoms with E-state index in [1.165, 1.54) is 21.6 Å². The van der Waals surface area contributed by atoms with E-state index in [1.807, 2.05) is 67.7 Å². The zero-order valence-corrected chi connectivity index (χ0v) is 29.0. The lowest BCUT2D eigenvalue weighted by Gasteiger charge is -2.37. The van der Waals surface area contributed by atoms with Gasteiger partial charge in [-0.2, -0.15) is 5.10 Å². The van der Waals surface area contributed by atoms with Crippen LogP contribution in [0, 0.1) is 0 Å². The number of hydrazine groups is 1. The SMILES string of the molecule is COc1cc(C2NNc3ccc(NS(=O)CCN(CSC)C(O)(O)C(=O)N4CC=C(c5ccc(-c6ncn(C)n6)cc5)CC4)cc32)ccn1. The molecule has 2 aliphatic rings. The molecule has 0 radical (unpaired) electrons. The van der Waals surface area contributed by atoms with Crippen molar-refractivity contribution in [2.24, 2.45) is 7.05 Å². The third-order valence-corrected chi connectivity index (χ3v) is 10.0. The van der Waals surface area contributed by atoms with Crippen LogP contribution in [0.2, 0.25) is 0 Å². The summed E-state index contributed by atoms with van der Waals surface area (Å²) < 4.78 is 23.1. The highest BCUT2D eigenvalue weighted by Gasteiger charge is 2.43. The fourth-order valence-electron chi connectivity index (χ4n) is 5.80. The summed E-state index contributed by atoms with van der Waals surface area (Å²) in [4.78, 5) is 24.6. The first kappa shape index (κ1) is 34.5. The summed E-state index contributed by atoms with van der Waals surface area (Å²) in [5.41, 5.74) is 12.8. The lowest BCUT2D eigenvalue weighted by molar-refractivity contribution is -0.252. The molecule has 258 valence electrons. The van der Waals surface area contributed by atoms with Crippen molar-refractivity contribution < 1.29 is 24.0 Å². The monoisotopic (exact) mass is 705 g/mol. The van der Waals surface area contributed by atoms with Crippen LogP contribution in [0.3, 0.4) is 0 Å². The number of nitrogens with one attached hydrogen (secondary N) is 3. The molecule has 2 atom stereocenters. The smallest absolute Gasteiger partial charge is 0.309 e. The Morgan fingerprint density at radius 3 is 2.65 bits per heavy atom. The Kier molecular flexibility index (Phi) is 10.6. The number of anilines is 2. The Morgan fingerprint density at radius 1 is 1.16 bits per heavy atom. The summed E-state index contributed by atoms with van der Waals surface area (Å²) in [5.74, 6) is -2.23. The first-order valence-electron chi connectivity index (χ1n) is 15.6. The molecule has 49 heavy (non-hydrogen) atoms. The highest BCUT2D eigenvalue weighted by Crippen LogP contribution is 2.36. The minimum absolute atomic E-state index is 0.000908. The molecule has 0 saturated heterocycles. The van der Waals surface area contributed by atoms with Crippen LogP contribution >= 0.6 is 11.8 Å². The number of carbonyl (C=O) groups is 1. The second-order valence-electron chi connectivity index (χ2n) is 11.7. The number of pyridine rings is 1. The molecule has 2 unspecified atom stereocenters. The zero-order chi connectivity index (χ0) is 34.5. The number of ether oxygens (including phenoxy) is 1. The topological polar surface area (TPSA) is 170 Å². The van der Waals surface area contributed by atoms with Crippen molar-refractivity contribution in [3.8, 4) is 17.3 Å². The zero-order valence-electron chi connectivity index (χ0n) is 27.4. The first-order chi connectivity index (χ1) is 23.7. The van der Waals surface area contributed by atoms with Gasteiger partial charge in [-0.1, -0.05) is 30.3 Å². The fourth-order valence-corrected chi connectivity index (χ4v) is 7.29. The first-order valence-corrected chi connectivity index (χ1v) is 18.3. The van der Waals surface area contributed by atoms with Crippen molar-refractivity contribution in [3.63, 3.8) is 0 Å². The number of fused-ring (bicyclic) bond motifs is 1. The number of methoxy groups -OCH3 is 1. The number of nitrogens with zero attached hydrogens (tertiary/aromatic N) is 6. The van der Waals surface area contributed by atoms with E-state index in [4.69, 9.17) is 4.74 Å². The molecule has 1 amide bonds. The molecule has 0 bridgehead atoms. The Morgan fingerprint density at radius 2 is 1.96 bits per heavy atom. The molecule has 4 aromatic rings. The second kappa shape index (κ2) is 15.1. The van der Waals surface area contributed by atoms with Crippen LogP contribution in [-0.2, 0) is 22.8 Å². The normalized spacial score (nSPS) is 16.6. The van der Waals surface area contributed by atoms with Crippen LogP contribution in [0.5, 0.6) is 5.88 Å². The molecule has 16 heteroatoms. The Balaban J connectivity index is 1.05. The average Bonchev–Trinajstić information content (AvgIpc) is 3.76. The number of amides is 1. The summed E-state index contributed by atoms with van der Waals surface area (Å²) in [6.07, 6.45) is 7.62. The standard InChI is InChI=1S/C33H39N9O5S2/c1-40-20-35-31(38-40)24-6-4-22(5-7-24)23-11-14-41(15-12-23)32(43)33(44,45)42(21-48-3)16-17-49(46)39-26-8-9-28-27(19-26)30(37-36-28)25-10-13-34-29(18-25)47-2/h4-11,13,18-20,30,36-37,39,44-45H,12,14-17,21H2,1-3H3. The Bertz CT molecular complexity index is 1850. The van der Waals surface area contributed by atoms with Gasteiger partial charge >= 0.3 is 5.91 Å². The highest BCUT2D eigenvalue weighted by molar-refractivity contribution is 7.98. The van der Waals surface area contributed by atoms with Crippen LogP contribution in [0.4, 0.5) is 11.4 Å². The molecule has 0 spiro atoms. The maximum Gasteiger partial charge on any atom is 0.309 e. The molecule has 6 rings (SSSR count). The van der Waals surface area contributed by atoms with E-state index in [0.717, 1.165) is 33.5 Å². The number of benzene rings is 2. The summed E-state index contributed by atoms with van der Waals surface area (Å²) in [5, 5.41) is 26.6. The maximum absolute atomic E-state index is 13.4. The number of aromatic nitrogens is 4. The number of hydrogen-bond acceptors (Lipinski definition) is 12. The number of carbonyl (C=O) groups excluding carboxylic acids is 1. The molecule has 4 heterocycles. The van der Waals surface area contributed by atoms with Crippen LogP contribution in [-0.4, -0.2) is 100 Å². The van der Waals surface area contributed by atoms with Gasteiger partial charge in [0.05, 0.1) is 24.6 Å². The van der Waals surface area contributed by atoms with Gasteiger partial charge in [0.25, 0.3) is 5.91 Å². The molecule has 2 aromatic carbocycles. The van der Waals surface area contributed by atoms with Crippen LogP contribution in [0.25, 0.3) is 17.0 Å². The second-order valence-corrected chi connectivity index (χ2v) is 13.8. The van der Waals surface area contributed by atoms with E-state index < -0.39 is 22.8 Å². The summed E-state index contributed by atoms with van der Waals surface area (Å²) >= 11 is 1.34. The van der Waals surface area contributed by atoms with E-state index in [1.54, 1.807) is 30.6 Å². The Labute approximate surface area is 291 Å². The summed E-state index contributed by atoms with van der Waals surface area (Å²) in [6.45, 7) is 0.558. The molecule has 14 nitrogen and oxygen atoms in total. The van der Waals surface area contributed by atoms with Crippen molar-refractivity contribution in [2.75, 3.05) is 54.8 Å². The van der Waals surface area contributed by atoms with Crippen LogP contribution in [0.15, 0.2) is 73.2 Å². The largest absolute Gasteiger partial charge is 0.481 e. The summed E-state index contributed by atoms with van der Waals surface area (Å²) in [7, 11) is 1.80. The van der Waals surface area contributed by atoms with E-state index in [0.29, 0.717) is 30.4 Å². The van der Waals surface area contributed by atoms with Gasteiger partial charge in [0, 0.05) is 61.6 Å². The van der Waals surface area contributed by atoms with Crippen molar-refractivity contribution in [1.82, 2.24) is 35.0 Å². The molecule has 5 N–H and O–H groups in total. The van der Waals surface area contributed by atoms with Crippen LogP contribution < -0.4 is 20.3 Å². The average molecular weight is 706 g/mol. The number of rotatable bonds is 13. The fraction of sp³-hybridized carbons (Fsp3) is 0.333. The molecular weight excluding hydrogens is 667 g/mol. The van der Waals surface area contributed by atoms with Gasteiger partial charge < -0.3 is 30.0 Å². The number of hydrogen-bond donors (Lipinski definition) is 5. The highest BCUT2D eigenvalue weighted by atomic mass is 32.2. The van der Waals surface area contributed by atoms with Gasteiger partial charge in [-0.05, 0) is 53.6 Å². The minimum atomic E-state index is -2.76. The van der Waals surface area contributed by atoms with Gasteiger partial charge in [0.2, 0.25) is 5.88 Å². The van der Waals surface area contributed by atoms with Gasteiger partial charge in [-0.3, -0.25) is 9.48 Å². The lowest BCUT2D eigenvalue weighted by Crippen LogP contribution is -2.61. The van der Waals surface area contributed by atoms with E-state index in [2.05, 4.69) is 30.6 Å². The van der Waals surface area contributed by atoms with Crippen molar-refractivity contribution in [2.45, 2.75) is 18.4 Å².